The molecule has 0 spiro atoms. The van der Waals surface area contributed by atoms with E-state index in [1.165, 1.54) is 11.3 Å². The van der Waals surface area contributed by atoms with Crippen molar-refractivity contribution in [3.05, 3.63) is 32.8 Å². The van der Waals surface area contributed by atoms with Crippen LogP contribution < -0.4 is 0 Å². The molecule has 0 fully saturated rings. The van der Waals surface area contributed by atoms with Crippen LogP contribution in [0.3, 0.4) is 0 Å². The molecule has 0 radical (unpaired) electrons. The molecule has 110 valence electrons. The maximum absolute atomic E-state index is 12.0. The van der Waals surface area contributed by atoms with E-state index in [0.717, 1.165) is 4.88 Å². The number of hydrogen-bond donors (Lipinski definition) is 0. The fourth-order valence-corrected chi connectivity index (χ4v) is 3.51. The molecule has 8 heteroatoms. The van der Waals surface area contributed by atoms with E-state index in [4.69, 9.17) is 14.7 Å². The van der Waals surface area contributed by atoms with Crippen LogP contribution in [0, 0.1) is 0 Å². The summed E-state index contributed by atoms with van der Waals surface area (Å²) in [5.74, 6) is -0.554. The molecule has 0 unspecified atom stereocenters. The number of ether oxygens (including phenoxy) is 1. The molecule has 2 atom stereocenters. The lowest BCUT2D eigenvalue weighted by Crippen LogP contribution is -2.36. The van der Waals surface area contributed by atoms with Gasteiger partial charge in [-0.05, 0) is 43.5 Å². The molecule has 0 aliphatic rings. The average molecular weight is 313 g/mol. The van der Waals surface area contributed by atoms with E-state index >= 15 is 0 Å². The molecule has 6 nitrogen and oxygen atoms in total. The van der Waals surface area contributed by atoms with Crippen LogP contribution in [0.4, 0.5) is 0 Å². The standard InChI is InChI=1S/C12H19N3O3SSi/c1-5-17-12(16)10(14-15-13)11(18-20(2,3)4)9-7-6-8-19-9/h6-8,10-11H,5H2,1-4H3/t10-,11-/m1/s1. The van der Waals surface area contributed by atoms with Crippen molar-refractivity contribution in [3.8, 4) is 0 Å². The van der Waals surface area contributed by atoms with Crippen LogP contribution in [0.15, 0.2) is 22.6 Å². The Labute approximate surface area is 123 Å². The van der Waals surface area contributed by atoms with Crippen molar-refractivity contribution in [1.82, 2.24) is 0 Å². The summed E-state index contributed by atoms with van der Waals surface area (Å²) in [5, 5.41) is 5.49. The van der Waals surface area contributed by atoms with Gasteiger partial charge in [-0.1, -0.05) is 11.2 Å². The van der Waals surface area contributed by atoms with Crippen LogP contribution in [0.5, 0.6) is 0 Å². The molecule has 1 rings (SSSR count). The molecule has 20 heavy (non-hydrogen) atoms. The van der Waals surface area contributed by atoms with Gasteiger partial charge in [-0.3, -0.25) is 4.79 Å². The summed E-state index contributed by atoms with van der Waals surface area (Å²) in [5.41, 5.74) is 8.71. The Morgan fingerprint density at radius 1 is 1.55 bits per heavy atom. The third kappa shape index (κ3) is 4.97. The summed E-state index contributed by atoms with van der Waals surface area (Å²) in [6.07, 6.45) is -0.586. The number of thiophene rings is 1. The van der Waals surface area contributed by atoms with Crippen LogP contribution in [-0.4, -0.2) is 26.9 Å². The SMILES string of the molecule is CCOC(=O)[C@H](N=[N+]=[N-])[C@H](O[Si](C)(C)C)c1cccs1. The van der Waals surface area contributed by atoms with Gasteiger partial charge in [-0.25, -0.2) is 0 Å². The van der Waals surface area contributed by atoms with E-state index in [1.54, 1.807) is 6.92 Å². The highest BCUT2D eigenvalue weighted by Crippen LogP contribution is 2.31. The highest BCUT2D eigenvalue weighted by atomic mass is 32.1. The van der Waals surface area contributed by atoms with Gasteiger partial charge in [0.2, 0.25) is 0 Å². The van der Waals surface area contributed by atoms with Crippen molar-refractivity contribution < 1.29 is 14.0 Å². The third-order valence-electron chi connectivity index (χ3n) is 2.30. The van der Waals surface area contributed by atoms with Gasteiger partial charge in [0.25, 0.3) is 0 Å². The second kappa shape index (κ2) is 7.44. The van der Waals surface area contributed by atoms with E-state index in [1.807, 2.05) is 37.2 Å². The lowest BCUT2D eigenvalue weighted by Gasteiger charge is -2.28. The lowest BCUT2D eigenvalue weighted by molar-refractivity contribution is -0.147. The zero-order valence-corrected chi connectivity index (χ0v) is 13.9. The van der Waals surface area contributed by atoms with Gasteiger partial charge in [0.1, 0.15) is 0 Å². The van der Waals surface area contributed by atoms with Crippen molar-refractivity contribution in [3.63, 3.8) is 0 Å². The van der Waals surface area contributed by atoms with Crippen molar-refractivity contribution in [2.45, 2.75) is 38.7 Å². The second-order valence-electron chi connectivity index (χ2n) is 5.07. The first-order valence-corrected chi connectivity index (χ1v) is 10.6. The van der Waals surface area contributed by atoms with Gasteiger partial charge in [0, 0.05) is 9.79 Å². The zero-order valence-electron chi connectivity index (χ0n) is 12.1. The Hall–Kier alpha value is -1.34. The second-order valence-corrected chi connectivity index (χ2v) is 10.5. The fraction of sp³-hybridized carbons (Fsp3) is 0.583. The Bertz CT molecular complexity index is 481. The molecule has 0 saturated carbocycles. The molecule has 1 aromatic heterocycles. The van der Waals surface area contributed by atoms with Crippen molar-refractivity contribution >= 4 is 25.6 Å². The van der Waals surface area contributed by atoms with Crippen LogP contribution in [0.2, 0.25) is 19.6 Å². The summed E-state index contributed by atoms with van der Waals surface area (Å²) in [7, 11) is -1.92. The van der Waals surface area contributed by atoms with Gasteiger partial charge in [0.15, 0.2) is 14.4 Å². The highest BCUT2D eigenvalue weighted by Gasteiger charge is 2.35. The van der Waals surface area contributed by atoms with Crippen molar-refractivity contribution in [2.75, 3.05) is 6.61 Å². The summed E-state index contributed by atoms with van der Waals surface area (Å²) >= 11 is 1.47. The van der Waals surface area contributed by atoms with Crippen LogP contribution >= 0.6 is 11.3 Å². The smallest absolute Gasteiger partial charge is 0.317 e. The highest BCUT2D eigenvalue weighted by molar-refractivity contribution is 7.10. The van der Waals surface area contributed by atoms with Gasteiger partial charge in [-0.15, -0.1) is 11.3 Å². The number of rotatable bonds is 7. The lowest BCUT2D eigenvalue weighted by atomic mass is 10.1. The topological polar surface area (TPSA) is 84.3 Å². The van der Waals surface area contributed by atoms with Crippen LogP contribution in [-0.2, 0) is 14.0 Å². The third-order valence-corrected chi connectivity index (χ3v) is 4.19. The maximum Gasteiger partial charge on any atom is 0.317 e. The van der Waals surface area contributed by atoms with Gasteiger partial charge in [-0.2, -0.15) is 0 Å². The minimum atomic E-state index is -1.92. The molecule has 0 aliphatic carbocycles. The molecule has 0 aliphatic heterocycles. The van der Waals surface area contributed by atoms with Crippen LogP contribution in [0.1, 0.15) is 17.9 Å². The number of carbonyl (C=O) groups excluding carboxylic acids is 1. The Morgan fingerprint density at radius 2 is 2.25 bits per heavy atom. The fourth-order valence-electron chi connectivity index (χ4n) is 1.63. The van der Waals surface area contributed by atoms with Gasteiger partial charge in [0.05, 0.1) is 12.7 Å². The van der Waals surface area contributed by atoms with E-state index in [9.17, 15) is 4.79 Å². The summed E-state index contributed by atoms with van der Waals surface area (Å²) < 4.78 is 11.0. The van der Waals surface area contributed by atoms with E-state index in [-0.39, 0.29) is 6.61 Å². The summed E-state index contributed by atoms with van der Waals surface area (Å²) in [6.45, 7) is 8.01. The Kier molecular flexibility index (Phi) is 6.22. The normalized spacial score (nSPS) is 14.2. The summed E-state index contributed by atoms with van der Waals surface area (Å²) in [6, 6.07) is 2.75. The minimum Gasteiger partial charge on any atom is -0.466 e. The number of azide groups is 1. The maximum atomic E-state index is 12.0. The molecule has 0 amide bonds. The molecule has 0 bridgehead atoms. The minimum absolute atomic E-state index is 0.236. The first-order chi connectivity index (χ1) is 9.39. The van der Waals surface area contributed by atoms with E-state index < -0.39 is 26.4 Å². The largest absolute Gasteiger partial charge is 0.466 e. The molecule has 0 aromatic carbocycles. The molecule has 0 saturated heterocycles. The first kappa shape index (κ1) is 16.7. The number of hydrogen-bond acceptors (Lipinski definition) is 5. The van der Waals surface area contributed by atoms with Crippen LogP contribution in [0.25, 0.3) is 10.4 Å². The van der Waals surface area contributed by atoms with Crippen molar-refractivity contribution in [2.24, 2.45) is 5.11 Å². The van der Waals surface area contributed by atoms with Crippen molar-refractivity contribution in [1.29, 1.82) is 0 Å². The monoisotopic (exact) mass is 313 g/mol. The quantitative estimate of drug-likeness (QED) is 0.252. The average Bonchev–Trinajstić information content (AvgIpc) is 2.86. The Morgan fingerprint density at radius 3 is 2.70 bits per heavy atom. The van der Waals surface area contributed by atoms with E-state index in [2.05, 4.69) is 10.0 Å². The zero-order chi connectivity index (χ0) is 15.2. The molecular weight excluding hydrogens is 294 g/mol. The number of nitrogens with zero attached hydrogens (tertiary/aromatic N) is 3. The molecule has 1 heterocycles. The predicted molar refractivity (Wildman–Crippen MR) is 81.1 cm³/mol. The first-order valence-electron chi connectivity index (χ1n) is 6.31. The van der Waals surface area contributed by atoms with E-state index in [0.29, 0.717) is 0 Å². The molecule has 1 aromatic rings. The van der Waals surface area contributed by atoms with Gasteiger partial charge < -0.3 is 9.16 Å². The molecular formula is C12H19N3O3SSi. The summed E-state index contributed by atoms with van der Waals surface area (Å²) in [4.78, 5) is 15.6. The van der Waals surface area contributed by atoms with Gasteiger partial charge >= 0.3 is 5.97 Å². The number of esters is 1. The Balaban J connectivity index is 3.11. The molecule has 0 N–H and O–H groups in total. The number of carbonyl (C=O) groups is 1. The predicted octanol–water partition coefficient (Wildman–Crippen LogP) is 3.88.